The summed E-state index contributed by atoms with van der Waals surface area (Å²) in [6.07, 6.45) is -5.43. The lowest BCUT2D eigenvalue weighted by molar-refractivity contribution is -0.150. The third kappa shape index (κ3) is 3.89. The van der Waals surface area contributed by atoms with Gasteiger partial charge in [-0.2, -0.15) is 13.2 Å². The molecule has 0 radical (unpaired) electrons. The molecule has 1 aromatic heterocycles. The van der Waals surface area contributed by atoms with Gasteiger partial charge < -0.3 is 14.6 Å². The molecular formula is C24H25F3N2O2. The molecule has 164 valence electrons. The first kappa shape index (κ1) is 21.3. The highest BCUT2D eigenvalue weighted by molar-refractivity contribution is 5.86. The molecule has 7 heteroatoms. The molecule has 0 aliphatic carbocycles. The summed E-state index contributed by atoms with van der Waals surface area (Å²) in [5.74, 6) is 0.253. The molecule has 1 amide bonds. The molecule has 1 atom stereocenters. The largest absolute Gasteiger partial charge is 0.496 e. The number of nitrogens with one attached hydrogen (secondary N) is 1. The number of benzene rings is 2. The molecule has 2 heterocycles. The molecule has 0 bridgehead atoms. The Morgan fingerprint density at radius 2 is 1.90 bits per heavy atom. The number of amides is 1. The lowest BCUT2D eigenvalue weighted by Gasteiger charge is -2.37. The highest BCUT2D eigenvalue weighted by Gasteiger charge is 2.37. The smallest absolute Gasteiger partial charge is 0.389 e. The number of carbonyl (C=O) groups excluding carboxylic acids is 1. The molecule has 0 unspecified atom stereocenters. The van der Waals surface area contributed by atoms with Gasteiger partial charge in [0, 0.05) is 29.6 Å². The maximum atomic E-state index is 13.0. The lowest BCUT2D eigenvalue weighted by Crippen LogP contribution is -2.41. The van der Waals surface area contributed by atoms with Crippen molar-refractivity contribution in [3.8, 4) is 5.75 Å². The molecule has 1 aliphatic heterocycles. The van der Waals surface area contributed by atoms with Crippen molar-refractivity contribution in [1.29, 1.82) is 0 Å². The Labute approximate surface area is 179 Å². The van der Waals surface area contributed by atoms with Crippen molar-refractivity contribution in [3.63, 3.8) is 0 Å². The van der Waals surface area contributed by atoms with Crippen LogP contribution in [0.25, 0.3) is 10.9 Å². The lowest BCUT2D eigenvalue weighted by atomic mass is 9.88. The predicted molar refractivity (Wildman–Crippen MR) is 113 cm³/mol. The number of methoxy groups -OCH3 is 1. The number of ether oxygens (including phenoxy) is 1. The van der Waals surface area contributed by atoms with Crippen molar-refractivity contribution in [2.24, 2.45) is 0 Å². The highest BCUT2D eigenvalue weighted by atomic mass is 19.4. The molecular weight excluding hydrogens is 405 g/mol. The Morgan fingerprint density at radius 3 is 2.61 bits per heavy atom. The van der Waals surface area contributed by atoms with E-state index >= 15 is 0 Å². The van der Waals surface area contributed by atoms with Crippen molar-refractivity contribution in [1.82, 2.24) is 9.88 Å². The van der Waals surface area contributed by atoms with Crippen molar-refractivity contribution < 1.29 is 22.7 Å². The molecule has 0 saturated heterocycles. The Morgan fingerprint density at radius 1 is 1.16 bits per heavy atom. The van der Waals surface area contributed by atoms with Gasteiger partial charge in [-0.3, -0.25) is 4.79 Å². The second kappa shape index (κ2) is 7.94. The van der Waals surface area contributed by atoms with Crippen LogP contribution in [0, 0.1) is 13.8 Å². The van der Waals surface area contributed by atoms with Crippen LogP contribution in [-0.2, 0) is 11.2 Å². The monoisotopic (exact) mass is 430 g/mol. The van der Waals surface area contributed by atoms with Gasteiger partial charge >= 0.3 is 6.18 Å². The number of rotatable bonds is 4. The SMILES string of the molecule is COc1ccc([C@@H]2c3[nH]c4ccccc4c3CCN2C(=O)CCC(F)(F)F)c(C)c1C. The summed E-state index contributed by atoms with van der Waals surface area (Å²) in [4.78, 5) is 18.0. The van der Waals surface area contributed by atoms with Crippen molar-refractivity contribution in [3.05, 3.63) is 64.3 Å². The van der Waals surface area contributed by atoms with E-state index in [1.165, 1.54) is 0 Å². The van der Waals surface area contributed by atoms with Gasteiger partial charge in [0.2, 0.25) is 5.91 Å². The van der Waals surface area contributed by atoms with Crippen LogP contribution in [0.15, 0.2) is 36.4 Å². The van der Waals surface area contributed by atoms with Crippen molar-refractivity contribution in [2.75, 3.05) is 13.7 Å². The average molecular weight is 430 g/mol. The van der Waals surface area contributed by atoms with Gasteiger partial charge in [-0.1, -0.05) is 24.3 Å². The van der Waals surface area contributed by atoms with E-state index in [2.05, 4.69) is 4.98 Å². The maximum absolute atomic E-state index is 13.0. The summed E-state index contributed by atoms with van der Waals surface area (Å²) in [5, 5.41) is 1.09. The Balaban J connectivity index is 1.83. The number of halogens is 3. The van der Waals surface area contributed by atoms with E-state index < -0.39 is 31.0 Å². The van der Waals surface area contributed by atoms with E-state index in [0.717, 1.165) is 44.6 Å². The van der Waals surface area contributed by atoms with Gasteiger partial charge in [-0.25, -0.2) is 0 Å². The van der Waals surface area contributed by atoms with Crippen molar-refractivity contribution in [2.45, 2.75) is 45.3 Å². The number of hydrogen-bond donors (Lipinski definition) is 1. The Hall–Kier alpha value is -2.96. The summed E-state index contributed by atoms with van der Waals surface area (Å²) in [6, 6.07) is 11.2. The van der Waals surface area contributed by atoms with Crippen LogP contribution < -0.4 is 4.74 Å². The van der Waals surface area contributed by atoms with Gasteiger partial charge in [0.05, 0.1) is 19.6 Å². The zero-order valence-electron chi connectivity index (χ0n) is 17.8. The molecule has 4 nitrogen and oxygen atoms in total. The number of hydrogen-bond acceptors (Lipinski definition) is 2. The fourth-order valence-corrected chi connectivity index (χ4v) is 4.56. The predicted octanol–water partition coefficient (Wildman–Crippen LogP) is 5.61. The molecule has 0 spiro atoms. The van der Waals surface area contributed by atoms with Gasteiger partial charge in [0.25, 0.3) is 0 Å². The molecule has 0 saturated carbocycles. The molecule has 1 N–H and O–H groups in total. The first-order valence-corrected chi connectivity index (χ1v) is 10.3. The molecule has 4 rings (SSSR count). The van der Waals surface area contributed by atoms with E-state index in [1.54, 1.807) is 12.0 Å². The van der Waals surface area contributed by atoms with Crippen molar-refractivity contribution >= 4 is 16.8 Å². The average Bonchev–Trinajstić information content (AvgIpc) is 3.12. The van der Waals surface area contributed by atoms with Crippen LogP contribution in [0.5, 0.6) is 5.75 Å². The fraction of sp³-hybridized carbons (Fsp3) is 0.375. The van der Waals surface area contributed by atoms with Crippen LogP contribution in [0.2, 0.25) is 0 Å². The summed E-state index contributed by atoms with van der Waals surface area (Å²) >= 11 is 0. The van der Waals surface area contributed by atoms with Gasteiger partial charge in [-0.15, -0.1) is 0 Å². The van der Waals surface area contributed by atoms with Crippen LogP contribution in [0.3, 0.4) is 0 Å². The van der Waals surface area contributed by atoms with E-state index in [-0.39, 0.29) is 0 Å². The number of para-hydroxylation sites is 1. The number of aromatic amines is 1. The Bertz CT molecular complexity index is 1130. The zero-order valence-corrected chi connectivity index (χ0v) is 17.8. The number of carbonyl (C=O) groups is 1. The minimum atomic E-state index is -4.36. The van der Waals surface area contributed by atoms with Gasteiger partial charge in [-0.05, 0) is 54.7 Å². The van der Waals surface area contributed by atoms with Crippen LogP contribution >= 0.6 is 0 Å². The van der Waals surface area contributed by atoms with E-state index in [0.29, 0.717) is 13.0 Å². The molecule has 31 heavy (non-hydrogen) atoms. The maximum Gasteiger partial charge on any atom is 0.389 e. The summed E-state index contributed by atoms with van der Waals surface area (Å²) in [5.41, 5.74) is 5.76. The first-order valence-electron chi connectivity index (χ1n) is 10.3. The quantitative estimate of drug-likeness (QED) is 0.585. The molecule has 2 aromatic carbocycles. The third-order valence-corrected chi connectivity index (χ3v) is 6.27. The number of fused-ring (bicyclic) bond motifs is 3. The summed E-state index contributed by atoms with van der Waals surface area (Å²) in [7, 11) is 1.60. The molecule has 1 aliphatic rings. The van der Waals surface area contributed by atoms with E-state index in [4.69, 9.17) is 4.74 Å². The summed E-state index contributed by atoms with van der Waals surface area (Å²) in [6.45, 7) is 4.28. The minimum Gasteiger partial charge on any atom is -0.496 e. The van der Waals surface area contributed by atoms with E-state index in [9.17, 15) is 18.0 Å². The second-order valence-corrected chi connectivity index (χ2v) is 8.02. The first-order chi connectivity index (χ1) is 14.7. The number of aromatic nitrogens is 1. The number of nitrogens with zero attached hydrogens (tertiary/aromatic N) is 1. The molecule has 0 fully saturated rings. The zero-order chi connectivity index (χ0) is 22.3. The fourth-order valence-electron chi connectivity index (χ4n) is 4.56. The summed E-state index contributed by atoms with van der Waals surface area (Å²) < 4.78 is 43.8. The standard InChI is InChI=1S/C24H25F3N2O2/c1-14-15(2)20(31-3)9-8-16(14)23-22-18(17-6-4-5-7-19(17)28-22)11-13-29(23)21(30)10-12-24(25,26)27/h4-9,23,28H,10-13H2,1-3H3/t23-/m1/s1. The Kier molecular flexibility index (Phi) is 5.45. The minimum absolute atomic E-state index is 0.376. The topological polar surface area (TPSA) is 45.3 Å². The number of alkyl halides is 3. The van der Waals surface area contributed by atoms with Crippen LogP contribution in [0.1, 0.15) is 46.8 Å². The van der Waals surface area contributed by atoms with Gasteiger partial charge in [0.1, 0.15) is 5.75 Å². The number of H-pyrrole nitrogens is 1. The highest BCUT2D eigenvalue weighted by Crippen LogP contribution is 2.41. The normalized spacial score (nSPS) is 16.5. The van der Waals surface area contributed by atoms with Crippen LogP contribution in [0.4, 0.5) is 13.2 Å². The second-order valence-electron chi connectivity index (χ2n) is 8.02. The van der Waals surface area contributed by atoms with Gasteiger partial charge in [0.15, 0.2) is 0 Å². The molecule has 3 aromatic rings. The van der Waals surface area contributed by atoms with E-state index in [1.807, 2.05) is 50.2 Å². The third-order valence-electron chi connectivity index (χ3n) is 6.27. The van der Waals surface area contributed by atoms with Crippen LogP contribution in [-0.4, -0.2) is 35.6 Å².